The Morgan fingerprint density at radius 1 is 0.900 bits per heavy atom. The van der Waals surface area contributed by atoms with Crippen LogP contribution in [0.25, 0.3) is 0 Å². The van der Waals surface area contributed by atoms with Crippen molar-refractivity contribution in [3.8, 4) is 0 Å². The second-order valence-corrected chi connectivity index (χ2v) is 5.49. The highest BCUT2D eigenvalue weighted by Gasteiger charge is 2.14. The monoisotopic (exact) mass is 264 g/mol. The molecular formula is C18H16O2. The van der Waals surface area contributed by atoms with Gasteiger partial charge in [0.05, 0.1) is 0 Å². The molecule has 5 aliphatic rings. The third-order valence-electron chi connectivity index (χ3n) is 3.70. The van der Waals surface area contributed by atoms with E-state index in [4.69, 9.17) is 0 Å². The van der Waals surface area contributed by atoms with Crippen molar-refractivity contribution in [1.29, 1.82) is 0 Å². The number of carbonyl (C=O) groups excluding carboxylic acids is 2. The summed E-state index contributed by atoms with van der Waals surface area (Å²) in [6, 6.07) is 7.81. The van der Waals surface area contributed by atoms with Crippen LogP contribution in [-0.4, -0.2) is 11.6 Å². The van der Waals surface area contributed by atoms with Crippen LogP contribution in [-0.2, 0) is 22.4 Å². The molecule has 0 saturated heterocycles. The summed E-state index contributed by atoms with van der Waals surface area (Å²) in [5.74, 6) is 0.551. The van der Waals surface area contributed by atoms with E-state index in [0.29, 0.717) is 25.7 Å². The summed E-state index contributed by atoms with van der Waals surface area (Å²) < 4.78 is 0. The molecule has 100 valence electrons. The van der Waals surface area contributed by atoms with Gasteiger partial charge < -0.3 is 0 Å². The fraction of sp³-hybridized carbons (Fsp3) is 0.278. The second-order valence-electron chi connectivity index (χ2n) is 5.49. The van der Waals surface area contributed by atoms with E-state index < -0.39 is 0 Å². The van der Waals surface area contributed by atoms with Gasteiger partial charge >= 0.3 is 0 Å². The van der Waals surface area contributed by atoms with Crippen LogP contribution < -0.4 is 0 Å². The number of hydrogen-bond donors (Lipinski definition) is 0. The minimum Gasteiger partial charge on any atom is -0.299 e. The third kappa shape index (κ3) is 3.04. The minimum atomic E-state index is 0.114. The molecule has 1 aromatic carbocycles. The van der Waals surface area contributed by atoms with Gasteiger partial charge in [0.15, 0.2) is 0 Å². The van der Waals surface area contributed by atoms with E-state index >= 15 is 0 Å². The highest BCUT2D eigenvalue weighted by atomic mass is 16.1. The summed E-state index contributed by atoms with van der Waals surface area (Å²) in [7, 11) is 0. The lowest BCUT2D eigenvalue weighted by atomic mass is 9.92. The van der Waals surface area contributed by atoms with Gasteiger partial charge in [-0.2, -0.15) is 0 Å². The molecule has 1 atom stereocenters. The van der Waals surface area contributed by atoms with E-state index in [1.807, 2.05) is 42.5 Å². The van der Waals surface area contributed by atoms with Gasteiger partial charge in [-0.25, -0.2) is 0 Å². The molecule has 5 aliphatic carbocycles. The van der Waals surface area contributed by atoms with E-state index in [9.17, 15) is 9.59 Å². The van der Waals surface area contributed by atoms with E-state index in [0.717, 1.165) is 16.7 Å². The van der Waals surface area contributed by atoms with Gasteiger partial charge in [-0.05, 0) is 17.2 Å². The first-order valence-corrected chi connectivity index (χ1v) is 6.94. The van der Waals surface area contributed by atoms with Gasteiger partial charge in [0.1, 0.15) is 11.6 Å². The fourth-order valence-corrected chi connectivity index (χ4v) is 2.63. The Kier molecular flexibility index (Phi) is 3.49. The Labute approximate surface area is 118 Å². The first-order valence-electron chi connectivity index (χ1n) is 6.94. The van der Waals surface area contributed by atoms with Crippen LogP contribution >= 0.6 is 0 Å². The molecule has 0 saturated carbocycles. The van der Waals surface area contributed by atoms with Crippen LogP contribution in [0.5, 0.6) is 0 Å². The van der Waals surface area contributed by atoms with Crippen molar-refractivity contribution >= 4 is 11.6 Å². The van der Waals surface area contributed by atoms with E-state index in [-0.39, 0.29) is 17.5 Å². The predicted molar refractivity (Wildman–Crippen MR) is 77.3 cm³/mol. The predicted octanol–water partition coefficient (Wildman–Crippen LogP) is 2.97. The number of ketones is 2. The summed E-state index contributed by atoms with van der Waals surface area (Å²) >= 11 is 0. The minimum absolute atomic E-state index is 0.114. The maximum absolute atomic E-state index is 12.0. The van der Waals surface area contributed by atoms with Crippen LogP contribution in [0, 0.1) is 5.92 Å². The van der Waals surface area contributed by atoms with Gasteiger partial charge in [0, 0.05) is 37.2 Å². The van der Waals surface area contributed by atoms with Gasteiger partial charge in [0.2, 0.25) is 0 Å². The van der Waals surface area contributed by atoms with Crippen LogP contribution in [0.1, 0.15) is 24.0 Å². The van der Waals surface area contributed by atoms with Gasteiger partial charge in [-0.1, -0.05) is 36.4 Å². The quantitative estimate of drug-likeness (QED) is 0.675. The summed E-state index contributed by atoms with van der Waals surface area (Å²) in [5, 5.41) is 0. The molecule has 4 bridgehead atoms. The summed E-state index contributed by atoms with van der Waals surface area (Å²) in [6.45, 7) is 0. The largest absolute Gasteiger partial charge is 0.299 e. The molecule has 0 heterocycles. The lowest BCUT2D eigenvalue weighted by molar-refractivity contribution is -0.119. The lowest BCUT2D eigenvalue weighted by Gasteiger charge is -2.12. The molecular weight excluding hydrogens is 248 g/mol. The highest BCUT2D eigenvalue weighted by molar-refractivity contribution is 5.84. The molecule has 0 N–H and O–H groups in total. The van der Waals surface area contributed by atoms with Crippen molar-refractivity contribution in [2.24, 2.45) is 5.92 Å². The topological polar surface area (TPSA) is 34.1 Å². The first kappa shape index (κ1) is 12.8. The van der Waals surface area contributed by atoms with Gasteiger partial charge in [0.25, 0.3) is 0 Å². The zero-order chi connectivity index (χ0) is 13.9. The number of carbonyl (C=O) groups is 2. The Morgan fingerprint density at radius 2 is 1.55 bits per heavy atom. The Hall–Kier alpha value is -2.18. The smallest absolute Gasteiger partial charge is 0.142 e. The molecule has 20 heavy (non-hydrogen) atoms. The van der Waals surface area contributed by atoms with E-state index in [2.05, 4.69) is 5.73 Å². The van der Waals surface area contributed by atoms with Crippen molar-refractivity contribution in [3.63, 3.8) is 0 Å². The average molecular weight is 264 g/mol. The molecule has 2 nitrogen and oxygen atoms in total. The van der Waals surface area contributed by atoms with Crippen molar-refractivity contribution < 1.29 is 9.59 Å². The number of allylic oxidation sites excluding steroid dienone is 3. The molecule has 1 aromatic rings. The SMILES string of the molecule is O=C1CC2=C=CC(C=C2)CC(=O)Cc2ccc(cc2)C1. The number of benzene rings is 1. The van der Waals surface area contributed by atoms with Crippen molar-refractivity contribution in [3.05, 3.63) is 64.9 Å². The van der Waals surface area contributed by atoms with Gasteiger partial charge in [-0.15, -0.1) is 5.73 Å². The number of hydrogen-bond acceptors (Lipinski definition) is 2. The number of Topliss-reactive ketones (excluding diaryl/α,β-unsaturated/α-hetero) is 2. The average Bonchev–Trinajstić information content (AvgIpc) is 2.43. The standard InChI is InChI=1S/C18H16O2/c19-17-9-13-1-2-14(4-3-13)10-18(20)12-16-7-5-15(11-17)6-8-16/h1-7,15H,9-12H2. The summed E-state index contributed by atoms with van der Waals surface area (Å²) in [6.07, 6.45) is 7.67. The molecule has 0 radical (unpaired) electrons. The molecule has 0 aliphatic heterocycles. The van der Waals surface area contributed by atoms with E-state index in [1.165, 1.54) is 0 Å². The maximum Gasteiger partial charge on any atom is 0.142 e. The molecule has 6 rings (SSSR count). The molecule has 0 amide bonds. The zero-order valence-electron chi connectivity index (χ0n) is 11.3. The van der Waals surface area contributed by atoms with Crippen LogP contribution in [0.4, 0.5) is 0 Å². The molecule has 0 fully saturated rings. The fourth-order valence-electron chi connectivity index (χ4n) is 2.63. The van der Waals surface area contributed by atoms with Crippen molar-refractivity contribution in [2.75, 3.05) is 0 Å². The molecule has 0 spiro atoms. The summed E-state index contributed by atoms with van der Waals surface area (Å²) in [5.41, 5.74) is 6.08. The summed E-state index contributed by atoms with van der Waals surface area (Å²) in [4.78, 5) is 24.1. The Morgan fingerprint density at radius 3 is 2.15 bits per heavy atom. The molecule has 2 heteroatoms. The Balaban J connectivity index is 1.92. The molecule has 0 aromatic heterocycles. The highest BCUT2D eigenvalue weighted by Crippen LogP contribution is 2.19. The first-order chi connectivity index (χ1) is 9.69. The second kappa shape index (κ2) is 5.44. The third-order valence-corrected chi connectivity index (χ3v) is 3.70. The maximum atomic E-state index is 12.0. The Bertz CT molecular complexity index is 641. The lowest BCUT2D eigenvalue weighted by Crippen LogP contribution is -2.10. The zero-order valence-corrected chi connectivity index (χ0v) is 11.3. The molecule has 1 unspecified atom stereocenters. The number of rotatable bonds is 0. The van der Waals surface area contributed by atoms with Crippen molar-refractivity contribution in [1.82, 2.24) is 0 Å². The van der Waals surface area contributed by atoms with Gasteiger partial charge in [-0.3, -0.25) is 9.59 Å². The normalized spacial score (nSPS) is 22.0. The van der Waals surface area contributed by atoms with Crippen LogP contribution in [0.15, 0.2) is 53.8 Å². The van der Waals surface area contributed by atoms with Crippen LogP contribution in [0.2, 0.25) is 0 Å². The van der Waals surface area contributed by atoms with Crippen LogP contribution in [0.3, 0.4) is 0 Å². The van der Waals surface area contributed by atoms with E-state index in [1.54, 1.807) is 0 Å². The van der Waals surface area contributed by atoms with Crippen molar-refractivity contribution in [2.45, 2.75) is 25.7 Å².